The van der Waals surface area contributed by atoms with E-state index in [2.05, 4.69) is 10.1 Å². The summed E-state index contributed by atoms with van der Waals surface area (Å²) in [5, 5.41) is 2.14. The van der Waals surface area contributed by atoms with Gasteiger partial charge in [-0.3, -0.25) is 18.7 Å². The standard InChI is InChI=1S/C20H23ClFN3O6/c1-20(2,3)31-18(28)23-8-9-25-17(27)13(12-6-5-7-14(22)16(12)21)10-24(19(25)29)11-15(26)30-4/h5-7,10H,8-9,11H2,1-4H3,(H,23,28). The van der Waals surface area contributed by atoms with Crippen LogP contribution in [-0.2, 0) is 27.4 Å². The molecule has 0 atom stereocenters. The van der Waals surface area contributed by atoms with E-state index in [1.165, 1.54) is 12.1 Å². The second-order valence-corrected chi connectivity index (χ2v) is 7.89. The first-order valence-corrected chi connectivity index (χ1v) is 9.64. The van der Waals surface area contributed by atoms with Crippen molar-refractivity contribution in [2.24, 2.45) is 0 Å². The van der Waals surface area contributed by atoms with Gasteiger partial charge in [0.25, 0.3) is 5.56 Å². The van der Waals surface area contributed by atoms with Crippen LogP contribution >= 0.6 is 11.6 Å². The van der Waals surface area contributed by atoms with Crippen molar-refractivity contribution < 1.29 is 23.5 Å². The average molecular weight is 456 g/mol. The summed E-state index contributed by atoms with van der Waals surface area (Å²) in [7, 11) is 1.15. The van der Waals surface area contributed by atoms with E-state index in [9.17, 15) is 23.6 Å². The first-order valence-electron chi connectivity index (χ1n) is 9.27. The number of hydrogen-bond acceptors (Lipinski definition) is 6. The van der Waals surface area contributed by atoms with Gasteiger partial charge in [-0.1, -0.05) is 23.7 Å². The molecule has 31 heavy (non-hydrogen) atoms. The highest BCUT2D eigenvalue weighted by Gasteiger charge is 2.19. The lowest BCUT2D eigenvalue weighted by Gasteiger charge is -2.20. The molecule has 0 spiro atoms. The molecule has 0 saturated carbocycles. The summed E-state index contributed by atoms with van der Waals surface area (Å²) in [5.74, 6) is -1.47. The van der Waals surface area contributed by atoms with E-state index in [1.807, 2.05) is 0 Å². The molecule has 1 heterocycles. The Bertz CT molecular complexity index is 1100. The molecule has 0 radical (unpaired) electrons. The van der Waals surface area contributed by atoms with Crippen LogP contribution in [0.4, 0.5) is 9.18 Å². The summed E-state index contributed by atoms with van der Waals surface area (Å²) in [4.78, 5) is 49.2. The molecule has 2 rings (SSSR count). The van der Waals surface area contributed by atoms with Gasteiger partial charge in [-0.05, 0) is 26.8 Å². The summed E-state index contributed by atoms with van der Waals surface area (Å²) >= 11 is 6.01. The van der Waals surface area contributed by atoms with Crippen molar-refractivity contribution in [2.75, 3.05) is 13.7 Å². The number of benzene rings is 1. The van der Waals surface area contributed by atoms with E-state index in [4.69, 9.17) is 16.3 Å². The van der Waals surface area contributed by atoms with Crippen LogP contribution in [0.3, 0.4) is 0 Å². The minimum Gasteiger partial charge on any atom is -0.468 e. The van der Waals surface area contributed by atoms with E-state index < -0.39 is 41.3 Å². The number of carbonyl (C=O) groups is 2. The number of halogens is 2. The van der Waals surface area contributed by atoms with Gasteiger partial charge in [0, 0.05) is 24.8 Å². The van der Waals surface area contributed by atoms with Crippen LogP contribution in [-0.4, -0.2) is 40.5 Å². The van der Waals surface area contributed by atoms with Crippen molar-refractivity contribution in [3.8, 4) is 11.1 Å². The van der Waals surface area contributed by atoms with Gasteiger partial charge in [-0.25, -0.2) is 14.0 Å². The lowest BCUT2D eigenvalue weighted by Crippen LogP contribution is -2.44. The number of alkyl carbamates (subject to hydrolysis) is 1. The Labute approximate surface area is 182 Å². The third-order valence-corrected chi connectivity index (χ3v) is 4.39. The van der Waals surface area contributed by atoms with Crippen molar-refractivity contribution in [2.45, 2.75) is 39.5 Å². The highest BCUT2D eigenvalue weighted by Crippen LogP contribution is 2.27. The molecule has 0 unspecified atom stereocenters. The van der Waals surface area contributed by atoms with Crippen LogP contribution in [0.2, 0.25) is 5.02 Å². The first kappa shape index (κ1) is 24.1. The summed E-state index contributed by atoms with van der Waals surface area (Å²) in [5.41, 5.74) is -2.32. The number of nitrogens with zero attached hydrogens (tertiary/aromatic N) is 2. The molecule has 1 N–H and O–H groups in total. The lowest BCUT2D eigenvalue weighted by molar-refractivity contribution is -0.141. The van der Waals surface area contributed by atoms with Crippen molar-refractivity contribution in [1.82, 2.24) is 14.5 Å². The molecule has 2 aromatic rings. The number of amides is 1. The largest absolute Gasteiger partial charge is 0.468 e. The monoisotopic (exact) mass is 455 g/mol. The Balaban J connectivity index is 2.46. The maximum Gasteiger partial charge on any atom is 0.407 e. The third-order valence-electron chi connectivity index (χ3n) is 4.01. The molecule has 1 amide bonds. The third kappa shape index (κ3) is 6.17. The van der Waals surface area contributed by atoms with Crippen LogP contribution in [0.5, 0.6) is 0 Å². The molecule has 1 aromatic carbocycles. The van der Waals surface area contributed by atoms with Crippen LogP contribution in [0.1, 0.15) is 20.8 Å². The molecule has 0 aliphatic carbocycles. The molecular formula is C20H23ClFN3O6. The number of nitrogens with one attached hydrogen (secondary N) is 1. The topological polar surface area (TPSA) is 109 Å². The fourth-order valence-corrected chi connectivity index (χ4v) is 2.88. The number of aromatic nitrogens is 2. The predicted octanol–water partition coefficient (Wildman–Crippen LogP) is 2.17. The van der Waals surface area contributed by atoms with Crippen LogP contribution in [0, 0.1) is 5.82 Å². The van der Waals surface area contributed by atoms with E-state index >= 15 is 0 Å². The highest BCUT2D eigenvalue weighted by atomic mass is 35.5. The molecule has 0 saturated heterocycles. The lowest BCUT2D eigenvalue weighted by atomic mass is 10.1. The normalized spacial score (nSPS) is 11.2. The van der Waals surface area contributed by atoms with Gasteiger partial charge < -0.3 is 14.8 Å². The number of esters is 1. The van der Waals surface area contributed by atoms with E-state index in [-0.39, 0.29) is 29.2 Å². The number of methoxy groups -OCH3 is 1. The zero-order valence-electron chi connectivity index (χ0n) is 17.5. The van der Waals surface area contributed by atoms with Crippen molar-refractivity contribution >= 4 is 23.7 Å². The minimum atomic E-state index is -0.808. The highest BCUT2D eigenvalue weighted by molar-refractivity contribution is 6.33. The van der Waals surface area contributed by atoms with Crippen LogP contribution in [0.25, 0.3) is 11.1 Å². The summed E-state index contributed by atoms with van der Waals surface area (Å²) < 4.78 is 25.4. The summed E-state index contributed by atoms with van der Waals surface area (Å²) in [6.07, 6.45) is 0.403. The number of ether oxygens (including phenoxy) is 2. The van der Waals surface area contributed by atoms with Gasteiger partial charge in [0.2, 0.25) is 0 Å². The molecular weight excluding hydrogens is 433 g/mol. The molecule has 0 aliphatic rings. The fraction of sp³-hybridized carbons (Fsp3) is 0.400. The average Bonchev–Trinajstić information content (AvgIpc) is 2.67. The molecule has 0 bridgehead atoms. The Kier molecular flexibility index (Phi) is 7.61. The zero-order chi connectivity index (χ0) is 23.3. The smallest absolute Gasteiger partial charge is 0.407 e. The van der Waals surface area contributed by atoms with Crippen LogP contribution in [0.15, 0.2) is 34.0 Å². The Hall–Kier alpha value is -3.14. The zero-order valence-corrected chi connectivity index (χ0v) is 18.3. The first-order chi connectivity index (χ1) is 14.4. The SMILES string of the molecule is COC(=O)Cn1cc(-c2cccc(F)c2Cl)c(=O)n(CCNC(=O)OC(C)(C)C)c1=O. The van der Waals surface area contributed by atoms with E-state index in [0.29, 0.717) is 0 Å². The van der Waals surface area contributed by atoms with Gasteiger partial charge in [0.1, 0.15) is 18.0 Å². The number of carbonyl (C=O) groups excluding carboxylic acids is 2. The Morgan fingerprint density at radius 3 is 2.48 bits per heavy atom. The van der Waals surface area contributed by atoms with Crippen LogP contribution < -0.4 is 16.6 Å². The van der Waals surface area contributed by atoms with E-state index in [0.717, 1.165) is 28.5 Å². The molecule has 1 aromatic heterocycles. The molecule has 9 nitrogen and oxygen atoms in total. The van der Waals surface area contributed by atoms with Gasteiger partial charge >= 0.3 is 17.8 Å². The fourth-order valence-electron chi connectivity index (χ4n) is 2.65. The number of hydrogen-bond donors (Lipinski definition) is 1. The molecule has 11 heteroatoms. The quantitative estimate of drug-likeness (QED) is 0.669. The van der Waals surface area contributed by atoms with Gasteiger partial charge in [-0.15, -0.1) is 0 Å². The van der Waals surface area contributed by atoms with Crippen molar-refractivity contribution in [1.29, 1.82) is 0 Å². The molecule has 0 fully saturated rings. The van der Waals surface area contributed by atoms with Gasteiger partial charge in [0.15, 0.2) is 0 Å². The summed E-state index contributed by atoms with van der Waals surface area (Å²) in [6, 6.07) is 3.90. The van der Waals surface area contributed by atoms with E-state index in [1.54, 1.807) is 20.8 Å². The maximum atomic E-state index is 13.9. The Morgan fingerprint density at radius 2 is 1.87 bits per heavy atom. The molecule has 168 valence electrons. The van der Waals surface area contributed by atoms with Crippen molar-refractivity contribution in [3.63, 3.8) is 0 Å². The van der Waals surface area contributed by atoms with Gasteiger partial charge in [0.05, 0.1) is 17.7 Å². The van der Waals surface area contributed by atoms with Crippen molar-refractivity contribution in [3.05, 3.63) is 56.1 Å². The predicted molar refractivity (Wildman–Crippen MR) is 112 cm³/mol. The molecule has 0 aliphatic heterocycles. The second-order valence-electron chi connectivity index (χ2n) is 7.52. The Morgan fingerprint density at radius 1 is 1.19 bits per heavy atom. The van der Waals surface area contributed by atoms with Gasteiger partial charge in [-0.2, -0.15) is 0 Å². The summed E-state index contributed by atoms with van der Waals surface area (Å²) in [6.45, 7) is 4.26. The minimum absolute atomic E-state index is 0.0548. The maximum absolute atomic E-state index is 13.9. The number of rotatable bonds is 6. The second kappa shape index (κ2) is 9.78.